The van der Waals surface area contributed by atoms with Gasteiger partial charge < -0.3 is 19.1 Å². The minimum absolute atomic E-state index is 0.375. The van der Waals surface area contributed by atoms with Crippen LogP contribution >= 0.6 is 0 Å². The zero-order valence-corrected chi connectivity index (χ0v) is 13.1. The van der Waals surface area contributed by atoms with Crippen LogP contribution in [0.25, 0.3) is 11.3 Å². The van der Waals surface area contributed by atoms with Crippen molar-refractivity contribution in [3.05, 3.63) is 36.1 Å². The van der Waals surface area contributed by atoms with E-state index in [1.165, 1.54) is 0 Å². The van der Waals surface area contributed by atoms with Gasteiger partial charge in [-0.05, 0) is 38.1 Å². The molecule has 0 spiro atoms. The van der Waals surface area contributed by atoms with Gasteiger partial charge in [0.05, 0.1) is 19.3 Å². The summed E-state index contributed by atoms with van der Waals surface area (Å²) in [6.07, 6.45) is 0.991. The van der Waals surface area contributed by atoms with Crippen LogP contribution in [0.1, 0.15) is 32.4 Å². The summed E-state index contributed by atoms with van der Waals surface area (Å²) in [4.78, 5) is 0. The van der Waals surface area contributed by atoms with Crippen molar-refractivity contribution in [2.45, 2.75) is 37.9 Å². The van der Waals surface area contributed by atoms with Crippen LogP contribution in [0.3, 0.4) is 0 Å². The Labute approximate surface area is 129 Å². The highest BCUT2D eigenvalue weighted by Crippen LogP contribution is 2.40. The first-order valence-corrected chi connectivity index (χ1v) is 7.40. The fourth-order valence-electron chi connectivity index (χ4n) is 2.94. The molecule has 22 heavy (non-hydrogen) atoms. The molecule has 1 atom stereocenters. The summed E-state index contributed by atoms with van der Waals surface area (Å²) in [6, 6.07) is 9.38. The molecule has 2 aromatic rings. The number of methoxy groups -OCH3 is 1. The summed E-state index contributed by atoms with van der Waals surface area (Å²) in [5.41, 5.74) is 0.223. The monoisotopic (exact) mass is 303 g/mol. The molecule has 0 bridgehead atoms. The van der Waals surface area contributed by atoms with E-state index in [0.717, 1.165) is 11.3 Å². The molecule has 0 unspecified atom stereocenters. The van der Waals surface area contributed by atoms with Crippen LogP contribution in [-0.4, -0.2) is 29.6 Å². The van der Waals surface area contributed by atoms with Crippen LogP contribution in [0.4, 0.5) is 0 Å². The smallest absolute Gasteiger partial charge is 0.169 e. The summed E-state index contributed by atoms with van der Waals surface area (Å²) >= 11 is 0. The van der Waals surface area contributed by atoms with Gasteiger partial charge >= 0.3 is 0 Å². The van der Waals surface area contributed by atoms with E-state index in [-0.39, 0.29) is 5.60 Å². The number of rotatable bonds is 3. The van der Waals surface area contributed by atoms with E-state index in [2.05, 4.69) is 5.16 Å². The third-order valence-electron chi connectivity index (χ3n) is 4.08. The molecule has 1 fully saturated rings. The summed E-state index contributed by atoms with van der Waals surface area (Å²) in [7, 11) is 1.63. The van der Waals surface area contributed by atoms with Gasteiger partial charge in [-0.2, -0.15) is 0 Å². The molecule has 3 rings (SSSR count). The largest absolute Gasteiger partial charge is 0.497 e. The molecule has 118 valence electrons. The molecular formula is C17H21NO4. The van der Waals surface area contributed by atoms with Gasteiger partial charge in [0.15, 0.2) is 5.76 Å². The molecule has 1 aromatic carbocycles. The molecule has 5 nitrogen and oxygen atoms in total. The third kappa shape index (κ3) is 2.87. The van der Waals surface area contributed by atoms with Crippen LogP contribution in [0.5, 0.6) is 5.75 Å². The molecule has 5 heteroatoms. The maximum absolute atomic E-state index is 10.9. The molecule has 0 amide bonds. The average molecular weight is 303 g/mol. The first-order chi connectivity index (χ1) is 10.4. The normalized spacial score (nSPS) is 24.2. The standard InChI is InChI=1S/C17H21NO4/c1-16(2)11-17(19,8-9-21-16)15-10-14(18-22-15)12-4-6-13(20-3)7-5-12/h4-7,10,19H,8-9,11H2,1-3H3/t17-/m1/s1. The number of nitrogens with zero attached hydrogens (tertiary/aromatic N) is 1. The average Bonchev–Trinajstić information content (AvgIpc) is 2.97. The topological polar surface area (TPSA) is 64.7 Å². The lowest BCUT2D eigenvalue weighted by Gasteiger charge is -2.39. The second-order valence-electron chi connectivity index (χ2n) is 6.37. The van der Waals surface area contributed by atoms with Gasteiger partial charge in [-0.15, -0.1) is 0 Å². The van der Waals surface area contributed by atoms with Gasteiger partial charge in [-0.25, -0.2) is 0 Å². The van der Waals surface area contributed by atoms with Crippen LogP contribution in [0.15, 0.2) is 34.9 Å². The first kappa shape index (κ1) is 15.1. The number of aliphatic hydroxyl groups is 1. The number of aromatic nitrogens is 1. The van der Waals surface area contributed by atoms with Gasteiger partial charge in [0, 0.05) is 24.5 Å². The van der Waals surface area contributed by atoms with Crippen LogP contribution in [-0.2, 0) is 10.3 Å². The van der Waals surface area contributed by atoms with Crippen molar-refractivity contribution in [3.63, 3.8) is 0 Å². The minimum Gasteiger partial charge on any atom is -0.497 e. The second kappa shape index (κ2) is 5.41. The highest BCUT2D eigenvalue weighted by Gasteiger charge is 2.43. The predicted molar refractivity (Wildman–Crippen MR) is 81.7 cm³/mol. The molecule has 1 aliphatic rings. The lowest BCUT2D eigenvalue weighted by atomic mass is 9.82. The summed E-state index contributed by atoms with van der Waals surface area (Å²) < 4.78 is 16.2. The zero-order valence-electron chi connectivity index (χ0n) is 13.1. The molecule has 0 aliphatic carbocycles. The molecular weight excluding hydrogens is 282 g/mol. The fourth-order valence-corrected chi connectivity index (χ4v) is 2.94. The van der Waals surface area contributed by atoms with E-state index >= 15 is 0 Å². The van der Waals surface area contributed by atoms with E-state index in [4.69, 9.17) is 14.0 Å². The number of hydrogen-bond acceptors (Lipinski definition) is 5. The molecule has 1 aliphatic heterocycles. The second-order valence-corrected chi connectivity index (χ2v) is 6.37. The van der Waals surface area contributed by atoms with E-state index in [1.54, 1.807) is 7.11 Å². The van der Waals surface area contributed by atoms with E-state index in [0.29, 0.717) is 30.9 Å². The zero-order chi connectivity index (χ0) is 15.8. The van der Waals surface area contributed by atoms with Crippen LogP contribution in [0.2, 0.25) is 0 Å². The maximum Gasteiger partial charge on any atom is 0.169 e. The Kier molecular flexibility index (Phi) is 3.70. The highest BCUT2D eigenvalue weighted by atomic mass is 16.5. The van der Waals surface area contributed by atoms with Gasteiger partial charge in [0.25, 0.3) is 0 Å². The van der Waals surface area contributed by atoms with E-state index in [9.17, 15) is 5.11 Å². The maximum atomic E-state index is 10.9. The SMILES string of the molecule is COc1ccc(-c2cc([C@@]3(O)CCOC(C)(C)C3)on2)cc1. The molecule has 0 radical (unpaired) electrons. The minimum atomic E-state index is -1.03. The fraction of sp³-hybridized carbons (Fsp3) is 0.471. The van der Waals surface area contributed by atoms with Gasteiger partial charge in [0.1, 0.15) is 17.0 Å². The van der Waals surface area contributed by atoms with Crippen molar-refractivity contribution in [2.75, 3.05) is 13.7 Å². The summed E-state index contributed by atoms with van der Waals surface area (Å²) in [5.74, 6) is 1.28. The van der Waals surface area contributed by atoms with E-state index in [1.807, 2.05) is 44.2 Å². The molecule has 0 saturated carbocycles. The number of hydrogen-bond donors (Lipinski definition) is 1. The summed E-state index contributed by atoms with van der Waals surface area (Å²) in [6.45, 7) is 4.44. The Hall–Kier alpha value is -1.85. The number of ether oxygens (including phenoxy) is 2. The molecule has 1 N–H and O–H groups in total. The Morgan fingerprint density at radius 3 is 2.59 bits per heavy atom. The third-order valence-corrected chi connectivity index (χ3v) is 4.08. The van der Waals surface area contributed by atoms with Crippen molar-refractivity contribution in [3.8, 4) is 17.0 Å². The van der Waals surface area contributed by atoms with Crippen molar-refractivity contribution >= 4 is 0 Å². The Morgan fingerprint density at radius 2 is 1.95 bits per heavy atom. The predicted octanol–water partition coefficient (Wildman–Crippen LogP) is 3.13. The number of benzene rings is 1. The van der Waals surface area contributed by atoms with Crippen molar-refractivity contribution in [1.82, 2.24) is 5.16 Å². The van der Waals surface area contributed by atoms with E-state index < -0.39 is 5.60 Å². The summed E-state index contributed by atoms with van der Waals surface area (Å²) in [5, 5.41) is 15.0. The lowest BCUT2D eigenvalue weighted by molar-refractivity contribution is -0.156. The van der Waals surface area contributed by atoms with Crippen LogP contribution in [0, 0.1) is 0 Å². The molecule has 2 heterocycles. The van der Waals surface area contributed by atoms with Crippen LogP contribution < -0.4 is 4.74 Å². The Morgan fingerprint density at radius 1 is 1.23 bits per heavy atom. The van der Waals surface area contributed by atoms with Gasteiger partial charge in [-0.3, -0.25) is 0 Å². The Bertz CT molecular complexity index is 647. The highest BCUT2D eigenvalue weighted by molar-refractivity contribution is 5.60. The van der Waals surface area contributed by atoms with Gasteiger partial charge in [0.2, 0.25) is 0 Å². The molecule has 1 aromatic heterocycles. The Balaban J connectivity index is 1.86. The van der Waals surface area contributed by atoms with Gasteiger partial charge in [-0.1, -0.05) is 5.16 Å². The lowest BCUT2D eigenvalue weighted by Crippen LogP contribution is -2.43. The van der Waals surface area contributed by atoms with Crippen molar-refractivity contribution in [2.24, 2.45) is 0 Å². The quantitative estimate of drug-likeness (QED) is 0.943. The van der Waals surface area contributed by atoms with Crippen molar-refractivity contribution < 1.29 is 19.1 Å². The van der Waals surface area contributed by atoms with Crippen molar-refractivity contribution in [1.29, 1.82) is 0 Å². The first-order valence-electron chi connectivity index (χ1n) is 7.40. The molecule has 1 saturated heterocycles.